The van der Waals surface area contributed by atoms with Gasteiger partial charge in [0.25, 0.3) is 0 Å². The van der Waals surface area contributed by atoms with Crippen LogP contribution in [0.4, 0.5) is 0 Å². The van der Waals surface area contributed by atoms with Crippen molar-refractivity contribution < 1.29 is 4.79 Å². The first-order valence-electron chi connectivity index (χ1n) is 11.8. The highest BCUT2D eigenvalue weighted by Crippen LogP contribution is 2.39. The van der Waals surface area contributed by atoms with E-state index in [1.165, 1.54) is 33.4 Å². The molecule has 0 radical (unpaired) electrons. The molecule has 0 N–H and O–H groups in total. The monoisotopic (exact) mass is 457 g/mol. The summed E-state index contributed by atoms with van der Waals surface area (Å²) in [6.07, 6.45) is 10.4. The minimum absolute atomic E-state index is 0.185. The van der Waals surface area contributed by atoms with Gasteiger partial charge >= 0.3 is 0 Å². The second kappa shape index (κ2) is 9.48. The number of benzene rings is 1. The number of fused-ring (bicyclic) bond motifs is 2. The SMILES string of the molecule is CCc1cc2c(cc1Cl)CCc1cccnc1C2=C1CCN(C(=O)Cc2ccncc2)CC1. The zero-order valence-corrected chi connectivity index (χ0v) is 19.7. The van der Waals surface area contributed by atoms with Crippen molar-refractivity contribution in [3.63, 3.8) is 0 Å². The first-order chi connectivity index (χ1) is 16.1. The van der Waals surface area contributed by atoms with Crippen LogP contribution in [-0.2, 0) is 30.5 Å². The molecule has 5 heteroatoms. The lowest BCUT2D eigenvalue weighted by Gasteiger charge is -2.30. The Bertz CT molecular complexity index is 1210. The van der Waals surface area contributed by atoms with E-state index in [-0.39, 0.29) is 5.91 Å². The Morgan fingerprint density at radius 1 is 1.00 bits per heavy atom. The summed E-state index contributed by atoms with van der Waals surface area (Å²) in [5, 5.41) is 0.857. The summed E-state index contributed by atoms with van der Waals surface area (Å²) in [5.74, 6) is 0.185. The Kier molecular flexibility index (Phi) is 6.28. The summed E-state index contributed by atoms with van der Waals surface area (Å²) in [5.41, 5.74) is 9.83. The summed E-state index contributed by atoms with van der Waals surface area (Å²) in [4.78, 5) is 23.8. The van der Waals surface area contributed by atoms with Gasteiger partial charge in [-0.15, -0.1) is 0 Å². The van der Waals surface area contributed by atoms with Crippen molar-refractivity contribution in [3.05, 3.63) is 99.1 Å². The maximum atomic E-state index is 12.9. The first-order valence-corrected chi connectivity index (χ1v) is 12.2. The third-order valence-corrected chi connectivity index (χ3v) is 7.24. The van der Waals surface area contributed by atoms with Crippen LogP contribution in [0.15, 0.2) is 60.6 Å². The fourth-order valence-corrected chi connectivity index (χ4v) is 5.37. The van der Waals surface area contributed by atoms with Crippen molar-refractivity contribution in [2.45, 2.75) is 45.4 Å². The van der Waals surface area contributed by atoms with Crippen molar-refractivity contribution in [1.29, 1.82) is 0 Å². The molecule has 2 aromatic heterocycles. The van der Waals surface area contributed by atoms with E-state index in [0.29, 0.717) is 6.42 Å². The Morgan fingerprint density at radius 2 is 1.76 bits per heavy atom. The molecule has 0 bridgehead atoms. The number of hydrogen-bond donors (Lipinski definition) is 0. The topological polar surface area (TPSA) is 46.1 Å². The van der Waals surface area contributed by atoms with Crippen LogP contribution in [0.2, 0.25) is 5.02 Å². The first kappa shape index (κ1) is 21.8. The molecule has 0 saturated carbocycles. The van der Waals surface area contributed by atoms with E-state index in [4.69, 9.17) is 16.6 Å². The van der Waals surface area contributed by atoms with Gasteiger partial charge in [0.05, 0.1) is 12.1 Å². The van der Waals surface area contributed by atoms with Crippen molar-refractivity contribution in [2.75, 3.05) is 13.1 Å². The number of nitrogens with zero attached hydrogens (tertiary/aromatic N) is 3. The maximum absolute atomic E-state index is 12.9. The lowest BCUT2D eigenvalue weighted by Crippen LogP contribution is -2.37. The Labute approximate surface area is 200 Å². The number of carbonyl (C=O) groups is 1. The number of likely N-dealkylation sites (tertiary alicyclic amines) is 1. The molecule has 1 aromatic carbocycles. The van der Waals surface area contributed by atoms with Gasteiger partial charge < -0.3 is 4.90 Å². The molecular weight excluding hydrogens is 430 g/mol. The average molecular weight is 458 g/mol. The van der Waals surface area contributed by atoms with Gasteiger partial charge in [0.15, 0.2) is 0 Å². The number of aromatic nitrogens is 2. The minimum atomic E-state index is 0.185. The smallest absolute Gasteiger partial charge is 0.227 e. The zero-order chi connectivity index (χ0) is 22.8. The second-order valence-electron chi connectivity index (χ2n) is 8.86. The van der Waals surface area contributed by atoms with Gasteiger partial charge in [-0.25, -0.2) is 0 Å². The van der Waals surface area contributed by atoms with Crippen LogP contribution in [0.3, 0.4) is 0 Å². The highest BCUT2D eigenvalue weighted by molar-refractivity contribution is 6.31. The van der Waals surface area contributed by atoms with Crippen LogP contribution in [0.5, 0.6) is 0 Å². The van der Waals surface area contributed by atoms with Gasteiger partial charge in [0.1, 0.15) is 0 Å². The molecule has 3 aromatic rings. The van der Waals surface area contributed by atoms with E-state index in [1.54, 1.807) is 12.4 Å². The third-order valence-electron chi connectivity index (χ3n) is 6.89. The quantitative estimate of drug-likeness (QED) is 0.524. The minimum Gasteiger partial charge on any atom is -0.342 e. The van der Waals surface area contributed by atoms with Crippen LogP contribution >= 0.6 is 11.6 Å². The molecule has 0 unspecified atom stereocenters. The van der Waals surface area contributed by atoms with Crippen LogP contribution in [0.1, 0.15) is 53.3 Å². The van der Waals surface area contributed by atoms with Crippen molar-refractivity contribution >= 4 is 23.1 Å². The average Bonchev–Trinajstić information content (AvgIpc) is 3.00. The Balaban J connectivity index is 1.48. The lowest BCUT2D eigenvalue weighted by atomic mass is 9.87. The van der Waals surface area contributed by atoms with Gasteiger partial charge in [-0.2, -0.15) is 0 Å². The normalized spacial score (nSPS) is 15.6. The predicted octanol–water partition coefficient (Wildman–Crippen LogP) is 5.46. The van der Waals surface area contributed by atoms with Gasteiger partial charge in [0, 0.05) is 42.3 Å². The van der Waals surface area contributed by atoms with E-state index < -0.39 is 0 Å². The van der Waals surface area contributed by atoms with E-state index in [1.807, 2.05) is 29.3 Å². The largest absolute Gasteiger partial charge is 0.342 e. The van der Waals surface area contributed by atoms with E-state index in [2.05, 4.69) is 30.1 Å². The fourth-order valence-electron chi connectivity index (χ4n) is 5.05. The summed E-state index contributed by atoms with van der Waals surface area (Å²) in [6, 6.07) is 12.5. The maximum Gasteiger partial charge on any atom is 0.227 e. The highest BCUT2D eigenvalue weighted by Gasteiger charge is 2.27. The van der Waals surface area contributed by atoms with Gasteiger partial charge in [-0.3, -0.25) is 14.8 Å². The number of rotatable bonds is 3. The molecule has 0 atom stereocenters. The molecule has 168 valence electrons. The van der Waals surface area contributed by atoms with Crippen molar-refractivity contribution in [3.8, 4) is 0 Å². The number of halogens is 1. The standard InChI is InChI=1S/C28H28ClN3O/c1-2-20-17-24-23(18-25(20)29)6-5-22-4-3-11-31-28(22)27(24)21-9-14-32(15-10-21)26(33)16-19-7-12-30-13-8-19/h3-4,7-8,11-13,17-18H,2,5-6,9-10,14-16H2,1H3. The van der Waals surface area contributed by atoms with E-state index in [0.717, 1.165) is 61.5 Å². The van der Waals surface area contributed by atoms with E-state index in [9.17, 15) is 4.79 Å². The molecule has 4 nitrogen and oxygen atoms in total. The summed E-state index contributed by atoms with van der Waals surface area (Å²) < 4.78 is 0. The Morgan fingerprint density at radius 3 is 2.52 bits per heavy atom. The van der Waals surface area contributed by atoms with Crippen molar-refractivity contribution in [2.24, 2.45) is 0 Å². The van der Waals surface area contributed by atoms with Crippen LogP contribution in [-0.4, -0.2) is 33.9 Å². The number of pyridine rings is 2. The molecule has 33 heavy (non-hydrogen) atoms. The molecule has 0 spiro atoms. The molecule has 2 aliphatic rings. The lowest BCUT2D eigenvalue weighted by molar-refractivity contribution is -0.130. The third kappa shape index (κ3) is 4.45. The summed E-state index contributed by atoms with van der Waals surface area (Å²) in [7, 11) is 0. The van der Waals surface area contributed by atoms with E-state index >= 15 is 0 Å². The number of piperidine rings is 1. The molecule has 1 fully saturated rings. The number of hydrogen-bond acceptors (Lipinski definition) is 3. The molecule has 1 saturated heterocycles. The van der Waals surface area contributed by atoms with Gasteiger partial charge in [-0.05, 0) is 90.3 Å². The molecule has 1 aliphatic heterocycles. The Hall–Kier alpha value is -2.98. The number of amides is 1. The molecule has 5 rings (SSSR count). The molecule has 1 amide bonds. The number of carbonyl (C=O) groups excluding carboxylic acids is 1. The number of aryl methyl sites for hydroxylation is 3. The molecular formula is C28H28ClN3O. The summed E-state index contributed by atoms with van der Waals surface area (Å²) >= 11 is 6.60. The van der Waals surface area contributed by atoms with Gasteiger partial charge in [0.2, 0.25) is 5.91 Å². The molecule has 3 heterocycles. The highest BCUT2D eigenvalue weighted by atomic mass is 35.5. The zero-order valence-electron chi connectivity index (χ0n) is 19.0. The predicted molar refractivity (Wildman–Crippen MR) is 132 cm³/mol. The van der Waals surface area contributed by atoms with Crippen molar-refractivity contribution in [1.82, 2.24) is 14.9 Å². The van der Waals surface area contributed by atoms with Crippen LogP contribution in [0.25, 0.3) is 5.57 Å². The van der Waals surface area contributed by atoms with Crippen LogP contribution in [0, 0.1) is 0 Å². The fraction of sp³-hybridized carbons (Fsp3) is 0.321. The molecule has 1 aliphatic carbocycles. The van der Waals surface area contributed by atoms with Gasteiger partial charge in [-0.1, -0.05) is 30.2 Å². The summed E-state index contributed by atoms with van der Waals surface area (Å²) in [6.45, 7) is 3.64. The van der Waals surface area contributed by atoms with Crippen LogP contribution < -0.4 is 0 Å². The second-order valence-corrected chi connectivity index (χ2v) is 9.26.